The zero-order valence-electron chi connectivity index (χ0n) is 15.1. The van der Waals surface area contributed by atoms with Crippen LogP contribution in [0, 0.1) is 0 Å². The van der Waals surface area contributed by atoms with E-state index in [1.807, 2.05) is 12.1 Å². The standard InChI is InChI=1S/C20H21ClF3NO2/c1-26-18-10-13-7-8-25-17(14(13)11-19(18)27-2)6-4-12-3-5-15(16(21)9-12)20(22,23)24/h3,5,9-11,17,25H,4,6-8H2,1-2H3/t17-/m0/s1. The van der Waals surface area contributed by atoms with E-state index in [1.165, 1.54) is 17.7 Å². The van der Waals surface area contributed by atoms with E-state index in [2.05, 4.69) is 5.32 Å². The van der Waals surface area contributed by atoms with E-state index >= 15 is 0 Å². The molecule has 27 heavy (non-hydrogen) atoms. The minimum Gasteiger partial charge on any atom is -0.493 e. The van der Waals surface area contributed by atoms with Gasteiger partial charge in [-0.05, 0) is 66.8 Å². The number of nitrogens with one attached hydrogen (secondary N) is 1. The molecule has 2 aromatic rings. The van der Waals surface area contributed by atoms with Gasteiger partial charge in [0.05, 0.1) is 24.8 Å². The van der Waals surface area contributed by atoms with Crippen molar-refractivity contribution in [2.75, 3.05) is 20.8 Å². The minimum atomic E-state index is -4.44. The fourth-order valence-corrected chi connectivity index (χ4v) is 3.79. The number of halogens is 4. The van der Waals surface area contributed by atoms with E-state index in [1.54, 1.807) is 14.2 Å². The third kappa shape index (κ3) is 4.33. The van der Waals surface area contributed by atoms with Crippen LogP contribution < -0.4 is 14.8 Å². The largest absolute Gasteiger partial charge is 0.493 e. The number of methoxy groups -OCH3 is 2. The topological polar surface area (TPSA) is 30.5 Å². The number of hydrogen-bond donors (Lipinski definition) is 1. The quantitative estimate of drug-likeness (QED) is 0.750. The molecule has 1 aliphatic rings. The highest BCUT2D eigenvalue weighted by Crippen LogP contribution is 2.38. The van der Waals surface area contributed by atoms with Crippen LogP contribution in [0.4, 0.5) is 13.2 Å². The molecule has 0 bridgehead atoms. The van der Waals surface area contributed by atoms with Gasteiger partial charge in [0.25, 0.3) is 0 Å². The minimum absolute atomic E-state index is 0.0922. The Hall–Kier alpha value is -1.92. The lowest BCUT2D eigenvalue weighted by atomic mass is 9.90. The molecule has 3 rings (SSSR count). The van der Waals surface area contributed by atoms with Gasteiger partial charge >= 0.3 is 6.18 Å². The normalized spacial score (nSPS) is 16.7. The first-order valence-electron chi connectivity index (χ1n) is 8.67. The van der Waals surface area contributed by atoms with Crippen LogP contribution in [0.5, 0.6) is 11.5 Å². The summed E-state index contributed by atoms with van der Waals surface area (Å²) in [7, 11) is 3.21. The second-order valence-corrected chi connectivity index (χ2v) is 6.92. The van der Waals surface area contributed by atoms with Gasteiger partial charge < -0.3 is 14.8 Å². The van der Waals surface area contributed by atoms with Gasteiger partial charge in [0.15, 0.2) is 11.5 Å². The van der Waals surface area contributed by atoms with E-state index in [-0.39, 0.29) is 11.1 Å². The highest BCUT2D eigenvalue weighted by molar-refractivity contribution is 6.31. The van der Waals surface area contributed by atoms with Crippen molar-refractivity contribution >= 4 is 11.6 Å². The maximum absolute atomic E-state index is 12.8. The Morgan fingerprint density at radius 3 is 2.44 bits per heavy atom. The summed E-state index contributed by atoms with van der Waals surface area (Å²) in [5.41, 5.74) is 2.31. The molecule has 0 spiro atoms. The van der Waals surface area contributed by atoms with Crippen LogP contribution in [-0.4, -0.2) is 20.8 Å². The summed E-state index contributed by atoms with van der Waals surface area (Å²) in [6.45, 7) is 0.834. The second-order valence-electron chi connectivity index (χ2n) is 6.51. The van der Waals surface area contributed by atoms with Gasteiger partial charge in [0, 0.05) is 6.04 Å². The number of hydrogen-bond acceptors (Lipinski definition) is 3. The maximum atomic E-state index is 12.8. The number of alkyl halides is 3. The summed E-state index contributed by atoms with van der Waals surface area (Å²) in [4.78, 5) is 0. The Morgan fingerprint density at radius 2 is 1.81 bits per heavy atom. The van der Waals surface area contributed by atoms with Gasteiger partial charge in [-0.25, -0.2) is 0 Å². The zero-order chi connectivity index (χ0) is 19.6. The van der Waals surface area contributed by atoms with Crippen LogP contribution in [-0.2, 0) is 19.0 Å². The lowest BCUT2D eigenvalue weighted by Gasteiger charge is -2.28. The Morgan fingerprint density at radius 1 is 1.11 bits per heavy atom. The molecule has 1 N–H and O–H groups in total. The molecule has 0 saturated heterocycles. The first-order valence-corrected chi connectivity index (χ1v) is 9.05. The van der Waals surface area contributed by atoms with Crippen molar-refractivity contribution < 1.29 is 22.6 Å². The fraction of sp³-hybridized carbons (Fsp3) is 0.400. The van der Waals surface area contributed by atoms with Crippen molar-refractivity contribution in [3.63, 3.8) is 0 Å². The van der Waals surface area contributed by atoms with Gasteiger partial charge in [-0.15, -0.1) is 0 Å². The molecule has 0 aromatic heterocycles. The lowest BCUT2D eigenvalue weighted by molar-refractivity contribution is -0.137. The monoisotopic (exact) mass is 399 g/mol. The highest BCUT2D eigenvalue weighted by atomic mass is 35.5. The van der Waals surface area contributed by atoms with Gasteiger partial charge in [-0.1, -0.05) is 17.7 Å². The average molecular weight is 400 g/mol. The first kappa shape index (κ1) is 19.8. The first-order chi connectivity index (χ1) is 12.8. The molecule has 0 saturated carbocycles. The highest BCUT2D eigenvalue weighted by Gasteiger charge is 2.33. The summed E-state index contributed by atoms with van der Waals surface area (Å²) in [5, 5.41) is 3.21. The van der Waals surface area contributed by atoms with E-state index < -0.39 is 11.7 Å². The van der Waals surface area contributed by atoms with Crippen molar-refractivity contribution in [1.29, 1.82) is 0 Å². The summed E-state index contributed by atoms with van der Waals surface area (Å²) < 4.78 is 49.3. The van der Waals surface area contributed by atoms with Crippen molar-refractivity contribution in [2.45, 2.75) is 31.5 Å². The predicted molar refractivity (Wildman–Crippen MR) is 98.8 cm³/mol. The third-order valence-corrected chi connectivity index (χ3v) is 5.18. The van der Waals surface area contributed by atoms with E-state index in [9.17, 15) is 13.2 Å². The molecular formula is C20H21ClF3NO2. The van der Waals surface area contributed by atoms with Crippen LogP contribution in [0.15, 0.2) is 30.3 Å². The predicted octanol–water partition coefficient (Wildman–Crippen LogP) is 5.20. The van der Waals surface area contributed by atoms with E-state index in [4.69, 9.17) is 21.1 Å². The average Bonchev–Trinajstić information content (AvgIpc) is 2.64. The zero-order valence-corrected chi connectivity index (χ0v) is 15.9. The lowest BCUT2D eigenvalue weighted by Crippen LogP contribution is -2.30. The smallest absolute Gasteiger partial charge is 0.417 e. The van der Waals surface area contributed by atoms with Crippen LogP contribution >= 0.6 is 11.6 Å². The van der Waals surface area contributed by atoms with Gasteiger partial charge in [-0.2, -0.15) is 13.2 Å². The summed E-state index contributed by atoms with van der Waals surface area (Å²) >= 11 is 5.82. The number of benzene rings is 2. The van der Waals surface area contributed by atoms with Crippen LogP contribution in [0.25, 0.3) is 0 Å². The molecule has 7 heteroatoms. The Bertz CT molecular complexity index is 824. The fourth-order valence-electron chi connectivity index (χ4n) is 3.48. The summed E-state index contributed by atoms with van der Waals surface area (Å²) in [5.74, 6) is 1.37. The number of ether oxygens (including phenoxy) is 2. The van der Waals surface area contributed by atoms with Gasteiger partial charge in [0.2, 0.25) is 0 Å². The molecule has 1 atom stereocenters. The van der Waals surface area contributed by atoms with E-state index in [0.29, 0.717) is 17.9 Å². The molecule has 2 aromatic carbocycles. The summed E-state index contributed by atoms with van der Waals surface area (Å²) in [6.07, 6.45) is -2.19. The number of rotatable bonds is 5. The molecule has 1 heterocycles. The SMILES string of the molecule is COc1cc2c(cc1OC)[C@H](CCc1ccc(C(F)(F)F)c(Cl)c1)NCC2. The van der Waals surface area contributed by atoms with Gasteiger partial charge in [0.1, 0.15) is 0 Å². The molecule has 146 valence electrons. The molecule has 0 radical (unpaired) electrons. The van der Waals surface area contributed by atoms with Crippen LogP contribution in [0.2, 0.25) is 5.02 Å². The molecule has 0 unspecified atom stereocenters. The number of fused-ring (bicyclic) bond motifs is 1. The Kier molecular flexibility index (Phi) is 5.86. The number of aryl methyl sites for hydroxylation is 1. The van der Waals surface area contributed by atoms with Crippen LogP contribution in [0.1, 0.15) is 34.7 Å². The van der Waals surface area contributed by atoms with Crippen LogP contribution in [0.3, 0.4) is 0 Å². The Balaban J connectivity index is 1.78. The molecule has 3 nitrogen and oxygen atoms in total. The molecule has 0 amide bonds. The third-order valence-electron chi connectivity index (χ3n) is 4.87. The Labute approximate surface area is 161 Å². The summed E-state index contributed by atoms with van der Waals surface area (Å²) in [6, 6.07) is 8.01. The van der Waals surface area contributed by atoms with Crippen molar-refractivity contribution in [3.8, 4) is 11.5 Å². The van der Waals surface area contributed by atoms with Crippen molar-refractivity contribution in [3.05, 3.63) is 57.6 Å². The molecule has 0 fully saturated rings. The van der Waals surface area contributed by atoms with Crippen molar-refractivity contribution in [1.82, 2.24) is 5.32 Å². The maximum Gasteiger partial charge on any atom is 0.417 e. The second kappa shape index (κ2) is 7.98. The molecular weight excluding hydrogens is 379 g/mol. The van der Waals surface area contributed by atoms with E-state index in [0.717, 1.165) is 36.6 Å². The van der Waals surface area contributed by atoms with Gasteiger partial charge in [-0.3, -0.25) is 0 Å². The molecule has 1 aliphatic heterocycles. The molecule has 0 aliphatic carbocycles. The van der Waals surface area contributed by atoms with Crippen molar-refractivity contribution in [2.24, 2.45) is 0 Å².